The number of halogens is 1. The lowest BCUT2D eigenvalue weighted by Crippen LogP contribution is -2.64. The molecule has 4 atom stereocenters. The minimum absolute atomic E-state index is 0.553. The Hall–Kier alpha value is -1.36. The van der Waals surface area contributed by atoms with E-state index >= 15 is 0 Å². The van der Waals surface area contributed by atoms with Gasteiger partial charge in [0.05, 0.1) is 12.7 Å². The van der Waals surface area contributed by atoms with E-state index < -0.39 is 55.9 Å². The van der Waals surface area contributed by atoms with Crippen molar-refractivity contribution in [2.75, 3.05) is 20.4 Å². The molecule has 1 aromatic rings. The van der Waals surface area contributed by atoms with Crippen molar-refractivity contribution in [3.63, 3.8) is 0 Å². The number of aromatic nitrogens is 2. The maximum atomic E-state index is 13.8. The molecule has 1 aromatic heterocycles. The number of aliphatic hydroxyl groups is 1. The molecule has 0 aliphatic carbocycles. The van der Waals surface area contributed by atoms with Crippen LogP contribution < -0.4 is 11.2 Å². The highest BCUT2D eigenvalue weighted by Gasteiger charge is 2.59. The van der Waals surface area contributed by atoms with Gasteiger partial charge in [0, 0.05) is 19.4 Å². The molecule has 0 saturated carbocycles. The topological polar surface area (TPSA) is 129 Å². The van der Waals surface area contributed by atoms with E-state index in [1.54, 1.807) is 13.8 Å². The third kappa shape index (κ3) is 3.83. The van der Waals surface area contributed by atoms with Crippen molar-refractivity contribution in [1.82, 2.24) is 9.55 Å². The summed E-state index contributed by atoms with van der Waals surface area (Å²) in [5.74, 6) is 0. The molecule has 0 amide bonds. The van der Waals surface area contributed by atoms with Crippen LogP contribution >= 0.6 is 7.82 Å². The molecule has 148 valence electrons. The van der Waals surface area contributed by atoms with Crippen LogP contribution in [0.4, 0.5) is 4.39 Å². The lowest BCUT2D eigenvalue weighted by molar-refractivity contribution is -0.241. The van der Waals surface area contributed by atoms with Crippen molar-refractivity contribution in [3.8, 4) is 0 Å². The summed E-state index contributed by atoms with van der Waals surface area (Å²) in [6, 6.07) is 0.989. The summed E-state index contributed by atoms with van der Waals surface area (Å²) in [6.07, 6.45) is -1.21. The minimum Gasteiger partial charge on any atom is -0.370 e. The fourth-order valence-corrected chi connectivity index (χ4v) is 4.37. The van der Waals surface area contributed by atoms with Gasteiger partial charge in [0.15, 0.2) is 17.4 Å². The van der Waals surface area contributed by atoms with Crippen molar-refractivity contribution < 1.29 is 32.4 Å². The number of aromatic amines is 1. The Morgan fingerprint density at radius 3 is 2.73 bits per heavy atom. The summed E-state index contributed by atoms with van der Waals surface area (Å²) in [4.78, 5) is 25.3. The first kappa shape index (κ1) is 20.9. The number of phosphoric acid groups is 1. The number of nitrogens with zero attached hydrogens (tertiary/aromatic N) is 1. The van der Waals surface area contributed by atoms with Gasteiger partial charge in [-0.3, -0.25) is 27.9 Å². The number of rotatable bonds is 6. The standard InChI is InChI=1S/C14H22FN2O8P/c1-9(2)24-26(21)23-8-14(7-15,22-4)11(25-26)13(3,20)17-6-5-10(18)16-12(17)19/h5-6,9,11,20H,7-8H2,1-4H3,(H,16,18,19)/t11-,13+,14+,26?/m0/s1. The van der Waals surface area contributed by atoms with Crippen LogP contribution in [0.1, 0.15) is 20.8 Å². The third-order valence-electron chi connectivity index (χ3n) is 3.96. The second-order valence-electron chi connectivity index (χ2n) is 6.34. The first-order valence-corrected chi connectivity index (χ1v) is 9.23. The molecule has 26 heavy (non-hydrogen) atoms. The van der Waals surface area contributed by atoms with Crippen LogP contribution in [0, 0.1) is 0 Å². The number of hydrogen-bond donors (Lipinski definition) is 2. The molecule has 2 heterocycles. The molecule has 1 saturated heterocycles. The maximum Gasteiger partial charge on any atom is 0.475 e. The third-order valence-corrected chi connectivity index (χ3v) is 5.55. The SMILES string of the molecule is CO[C@]1(CF)COP(=O)(OC(C)C)O[C@H]1[C@@](C)(O)n1ccc(=O)[nH]c1=O. The van der Waals surface area contributed by atoms with Crippen LogP contribution in [0.15, 0.2) is 21.9 Å². The zero-order valence-corrected chi connectivity index (χ0v) is 15.7. The first-order chi connectivity index (χ1) is 12.0. The van der Waals surface area contributed by atoms with Crippen LogP contribution in [0.25, 0.3) is 0 Å². The lowest BCUT2D eigenvalue weighted by atomic mass is 9.90. The molecule has 12 heteroatoms. The molecule has 0 aromatic carbocycles. The molecule has 2 rings (SSSR count). The van der Waals surface area contributed by atoms with Gasteiger partial charge in [0.25, 0.3) is 5.56 Å². The van der Waals surface area contributed by atoms with E-state index in [2.05, 4.69) is 0 Å². The predicted octanol–water partition coefficient (Wildman–Crippen LogP) is 0.505. The predicted molar refractivity (Wildman–Crippen MR) is 87.6 cm³/mol. The van der Waals surface area contributed by atoms with Crippen molar-refractivity contribution >= 4 is 7.82 Å². The van der Waals surface area contributed by atoms with Gasteiger partial charge in [0.1, 0.15) is 6.67 Å². The number of ether oxygens (including phenoxy) is 1. The van der Waals surface area contributed by atoms with Crippen LogP contribution in [-0.4, -0.2) is 52.9 Å². The number of H-pyrrole nitrogens is 1. The Balaban J connectivity index is 2.55. The zero-order valence-electron chi connectivity index (χ0n) is 14.8. The average molecular weight is 396 g/mol. The number of nitrogens with one attached hydrogen (secondary N) is 1. The summed E-state index contributed by atoms with van der Waals surface area (Å²) in [5, 5.41) is 11.0. The molecule has 1 fully saturated rings. The Bertz CT molecular complexity index is 801. The first-order valence-electron chi connectivity index (χ1n) is 7.77. The number of alkyl halides is 1. The lowest BCUT2D eigenvalue weighted by Gasteiger charge is -2.48. The van der Waals surface area contributed by atoms with Gasteiger partial charge in [-0.2, -0.15) is 0 Å². The van der Waals surface area contributed by atoms with Gasteiger partial charge in [-0.1, -0.05) is 0 Å². The van der Waals surface area contributed by atoms with E-state index in [-0.39, 0.29) is 0 Å². The Morgan fingerprint density at radius 1 is 1.58 bits per heavy atom. The average Bonchev–Trinajstić information content (AvgIpc) is 2.54. The number of phosphoric ester groups is 1. The van der Waals surface area contributed by atoms with E-state index in [9.17, 15) is 23.7 Å². The van der Waals surface area contributed by atoms with E-state index in [4.69, 9.17) is 18.3 Å². The molecule has 0 bridgehead atoms. The van der Waals surface area contributed by atoms with Crippen LogP contribution in [0.5, 0.6) is 0 Å². The summed E-state index contributed by atoms with van der Waals surface area (Å²) < 4.78 is 48.0. The van der Waals surface area contributed by atoms with Gasteiger partial charge in [-0.25, -0.2) is 13.8 Å². The second-order valence-corrected chi connectivity index (χ2v) is 7.91. The van der Waals surface area contributed by atoms with Crippen molar-refractivity contribution in [2.24, 2.45) is 0 Å². The summed E-state index contributed by atoms with van der Waals surface area (Å²) in [7, 11) is -3.01. The highest BCUT2D eigenvalue weighted by Crippen LogP contribution is 2.58. The fraction of sp³-hybridized carbons (Fsp3) is 0.714. The Morgan fingerprint density at radius 2 is 2.23 bits per heavy atom. The van der Waals surface area contributed by atoms with E-state index in [1.807, 2.05) is 4.98 Å². The largest absolute Gasteiger partial charge is 0.475 e. The number of hydrogen-bond acceptors (Lipinski definition) is 8. The summed E-state index contributed by atoms with van der Waals surface area (Å²) in [6.45, 7) is 2.57. The quantitative estimate of drug-likeness (QED) is 0.666. The molecule has 2 N–H and O–H groups in total. The highest BCUT2D eigenvalue weighted by atomic mass is 31.2. The Labute approximate surface area is 148 Å². The molecule has 1 aliphatic rings. The summed E-state index contributed by atoms with van der Waals surface area (Å²) in [5.41, 5.74) is -5.79. The monoisotopic (exact) mass is 396 g/mol. The highest BCUT2D eigenvalue weighted by molar-refractivity contribution is 7.48. The van der Waals surface area contributed by atoms with Gasteiger partial charge >= 0.3 is 13.5 Å². The molecular weight excluding hydrogens is 374 g/mol. The summed E-state index contributed by atoms with van der Waals surface area (Å²) >= 11 is 0. The molecule has 1 aliphatic heterocycles. The van der Waals surface area contributed by atoms with Crippen molar-refractivity contribution in [1.29, 1.82) is 0 Å². The zero-order chi connectivity index (χ0) is 19.8. The molecule has 1 unspecified atom stereocenters. The van der Waals surface area contributed by atoms with Crippen molar-refractivity contribution in [3.05, 3.63) is 33.1 Å². The molecule has 0 spiro atoms. The number of methoxy groups -OCH3 is 1. The smallest absolute Gasteiger partial charge is 0.370 e. The van der Waals surface area contributed by atoms with Gasteiger partial charge in [-0.15, -0.1) is 0 Å². The van der Waals surface area contributed by atoms with Crippen LogP contribution in [0.2, 0.25) is 0 Å². The molecule has 0 radical (unpaired) electrons. The fourth-order valence-electron chi connectivity index (χ4n) is 2.66. The molecule has 10 nitrogen and oxygen atoms in total. The van der Waals surface area contributed by atoms with Gasteiger partial charge in [-0.05, 0) is 20.8 Å². The minimum atomic E-state index is -4.17. The van der Waals surface area contributed by atoms with Gasteiger partial charge in [0.2, 0.25) is 0 Å². The van der Waals surface area contributed by atoms with Crippen molar-refractivity contribution in [2.45, 2.75) is 44.3 Å². The van der Waals surface area contributed by atoms with E-state index in [1.165, 1.54) is 0 Å². The second kappa shape index (κ2) is 7.34. The Kier molecular flexibility index (Phi) is 5.91. The van der Waals surface area contributed by atoms with Crippen LogP contribution in [-0.2, 0) is 28.6 Å². The maximum absolute atomic E-state index is 13.8. The van der Waals surface area contributed by atoms with Crippen LogP contribution in [0.3, 0.4) is 0 Å². The molecular formula is C14H22FN2O8P. The normalized spacial score (nSPS) is 31.7. The van der Waals surface area contributed by atoms with E-state index in [0.29, 0.717) is 4.57 Å². The van der Waals surface area contributed by atoms with E-state index in [0.717, 1.165) is 26.3 Å². The van der Waals surface area contributed by atoms with Gasteiger partial charge < -0.3 is 9.84 Å².